The summed E-state index contributed by atoms with van der Waals surface area (Å²) in [6, 6.07) is 12.6. The van der Waals surface area contributed by atoms with E-state index in [0.29, 0.717) is 0 Å². The summed E-state index contributed by atoms with van der Waals surface area (Å²) >= 11 is 0. The van der Waals surface area contributed by atoms with Gasteiger partial charge in [-0.1, -0.05) is 76.2 Å². The van der Waals surface area contributed by atoms with Crippen molar-refractivity contribution in [2.45, 2.75) is 65.1 Å². The van der Waals surface area contributed by atoms with Crippen LogP contribution in [0.25, 0.3) is 11.1 Å². The van der Waals surface area contributed by atoms with Crippen LogP contribution in [0, 0.1) is 11.8 Å². The fourth-order valence-corrected chi connectivity index (χ4v) is 4.85. The third-order valence-corrected chi connectivity index (χ3v) is 6.96. The number of amides is 3. The van der Waals surface area contributed by atoms with Gasteiger partial charge in [0.1, 0.15) is 24.7 Å². The van der Waals surface area contributed by atoms with Crippen LogP contribution in [0.2, 0.25) is 0 Å². The van der Waals surface area contributed by atoms with Gasteiger partial charge in [-0.15, -0.1) is 0 Å². The Morgan fingerprint density at radius 2 is 1.38 bits per heavy atom. The Morgan fingerprint density at radius 3 is 1.90 bits per heavy atom. The molecule has 0 aliphatic heterocycles. The molecule has 226 valence electrons. The molecule has 4 N–H and O–H groups in total. The molecule has 1 aliphatic carbocycles. The number of hydrogen-bond acceptors (Lipinski definition) is 7. The average molecular weight is 582 g/mol. The van der Waals surface area contributed by atoms with Crippen LogP contribution in [0.15, 0.2) is 48.5 Å². The van der Waals surface area contributed by atoms with Gasteiger partial charge in [0, 0.05) is 5.92 Å². The first-order chi connectivity index (χ1) is 19.9. The maximum absolute atomic E-state index is 13.0. The van der Waals surface area contributed by atoms with Crippen molar-refractivity contribution in [3.05, 3.63) is 59.7 Å². The van der Waals surface area contributed by atoms with E-state index in [9.17, 15) is 29.1 Å². The average Bonchev–Trinajstić information content (AvgIpc) is 3.26. The first kappa shape index (κ1) is 32.1. The third-order valence-electron chi connectivity index (χ3n) is 6.96. The smallest absolute Gasteiger partial charge is 0.407 e. The number of carbonyl (C=O) groups is 5. The molecule has 0 bridgehead atoms. The fourth-order valence-electron chi connectivity index (χ4n) is 4.85. The molecule has 0 fully saturated rings. The molecule has 42 heavy (non-hydrogen) atoms. The predicted octanol–water partition coefficient (Wildman–Crippen LogP) is 3.21. The summed E-state index contributed by atoms with van der Waals surface area (Å²) in [4.78, 5) is 61.5. The molecule has 3 amide bonds. The highest BCUT2D eigenvalue weighted by atomic mass is 16.5. The molecule has 3 atom stereocenters. The van der Waals surface area contributed by atoms with E-state index in [2.05, 4.69) is 16.0 Å². The van der Waals surface area contributed by atoms with Gasteiger partial charge in [-0.3, -0.25) is 9.59 Å². The van der Waals surface area contributed by atoms with Crippen molar-refractivity contribution in [2.75, 3.05) is 13.2 Å². The molecule has 0 saturated heterocycles. The van der Waals surface area contributed by atoms with Gasteiger partial charge >= 0.3 is 18.0 Å². The van der Waals surface area contributed by atoms with Crippen LogP contribution in [0.1, 0.15) is 58.1 Å². The molecule has 0 radical (unpaired) electrons. The minimum absolute atomic E-state index is 0.0279. The number of carboxylic acid groups (broad SMARTS) is 1. The minimum Gasteiger partial charge on any atom is -0.480 e. The highest BCUT2D eigenvalue weighted by molar-refractivity contribution is 5.91. The lowest BCUT2D eigenvalue weighted by atomic mass is 9.98. The lowest BCUT2D eigenvalue weighted by Gasteiger charge is -2.24. The zero-order valence-corrected chi connectivity index (χ0v) is 24.5. The standard InChI is InChI=1S/C31H39N3O8/c1-17(2)14-25(29(37)38)33-26(35)16-41-30(39)19(5)32-28(36)27(18(3)4)34-31(40)42-15-24-22-12-8-6-10-20(22)21-11-7-9-13-23(21)24/h6-13,17-19,24-25,27H,14-16H2,1-5H3,(H,32,36)(H,33,35)(H,34,40)(H,37,38)/t19-,25-,27-/m0/s1. The number of fused-ring (bicyclic) bond motifs is 3. The number of carbonyl (C=O) groups excluding carboxylic acids is 4. The number of carboxylic acids is 1. The van der Waals surface area contributed by atoms with E-state index in [-0.39, 0.29) is 30.8 Å². The Hall–Kier alpha value is -4.41. The van der Waals surface area contributed by atoms with Gasteiger partial charge < -0.3 is 30.5 Å². The van der Waals surface area contributed by atoms with Crippen molar-refractivity contribution in [1.29, 1.82) is 0 Å². The largest absolute Gasteiger partial charge is 0.480 e. The van der Waals surface area contributed by atoms with Gasteiger partial charge in [0.05, 0.1) is 0 Å². The molecule has 0 aromatic heterocycles. The second kappa shape index (κ2) is 14.5. The number of benzene rings is 2. The summed E-state index contributed by atoms with van der Waals surface area (Å²) < 4.78 is 10.5. The monoisotopic (exact) mass is 581 g/mol. The highest BCUT2D eigenvalue weighted by Crippen LogP contribution is 2.44. The van der Waals surface area contributed by atoms with E-state index in [1.165, 1.54) is 6.92 Å². The van der Waals surface area contributed by atoms with E-state index in [1.807, 2.05) is 62.4 Å². The van der Waals surface area contributed by atoms with Crippen LogP contribution in [0.4, 0.5) is 4.79 Å². The molecule has 11 nitrogen and oxygen atoms in total. The molecule has 3 rings (SSSR count). The second-order valence-electron chi connectivity index (χ2n) is 11.1. The molecule has 0 unspecified atom stereocenters. The first-order valence-corrected chi connectivity index (χ1v) is 14.0. The highest BCUT2D eigenvalue weighted by Gasteiger charge is 2.31. The normalized spacial score (nSPS) is 14.3. The molecule has 11 heteroatoms. The molecular weight excluding hydrogens is 542 g/mol. The van der Waals surface area contributed by atoms with Gasteiger partial charge in [-0.05, 0) is 47.4 Å². The van der Waals surface area contributed by atoms with Gasteiger partial charge in [0.15, 0.2) is 6.61 Å². The molecule has 1 aliphatic rings. The maximum Gasteiger partial charge on any atom is 0.407 e. The quantitative estimate of drug-likeness (QED) is 0.262. The van der Waals surface area contributed by atoms with Crippen molar-refractivity contribution in [3.63, 3.8) is 0 Å². The van der Waals surface area contributed by atoms with Crippen molar-refractivity contribution in [1.82, 2.24) is 16.0 Å². The number of rotatable bonds is 13. The summed E-state index contributed by atoms with van der Waals surface area (Å²) in [7, 11) is 0. The van der Waals surface area contributed by atoms with Gasteiger partial charge in [0.2, 0.25) is 5.91 Å². The summed E-state index contributed by atoms with van der Waals surface area (Å²) in [6.45, 7) is 7.86. The summed E-state index contributed by atoms with van der Waals surface area (Å²) in [5, 5.41) is 16.6. The van der Waals surface area contributed by atoms with Crippen LogP contribution >= 0.6 is 0 Å². The number of nitrogens with one attached hydrogen (secondary N) is 3. The molecule has 0 heterocycles. The lowest BCUT2D eigenvalue weighted by Crippen LogP contribution is -2.53. The van der Waals surface area contributed by atoms with Gasteiger partial charge in [-0.25, -0.2) is 14.4 Å². The Morgan fingerprint density at radius 1 is 0.810 bits per heavy atom. The number of alkyl carbamates (subject to hydrolysis) is 1. The van der Waals surface area contributed by atoms with Gasteiger partial charge in [-0.2, -0.15) is 0 Å². The fraction of sp³-hybridized carbons (Fsp3) is 0.452. The van der Waals surface area contributed by atoms with Gasteiger partial charge in [0.25, 0.3) is 5.91 Å². The molecular formula is C31H39N3O8. The van der Waals surface area contributed by atoms with Crippen molar-refractivity contribution in [3.8, 4) is 11.1 Å². The maximum atomic E-state index is 13.0. The van der Waals surface area contributed by atoms with Crippen molar-refractivity contribution < 1.29 is 38.6 Å². The van der Waals surface area contributed by atoms with Crippen molar-refractivity contribution >= 4 is 29.8 Å². The molecule has 2 aromatic rings. The first-order valence-electron chi connectivity index (χ1n) is 14.0. The number of hydrogen-bond donors (Lipinski definition) is 4. The SMILES string of the molecule is CC(C)C[C@H](NC(=O)COC(=O)[C@H](C)NC(=O)[C@@H](NC(=O)OCC1c2ccccc2-c2ccccc21)C(C)C)C(=O)O. The van der Waals surface area contributed by atoms with Crippen LogP contribution in [-0.2, 0) is 28.7 Å². The van der Waals surface area contributed by atoms with E-state index in [4.69, 9.17) is 9.47 Å². The summed E-state index contributed by atoms with van der Waals surface area (Å²) in [5.41, 5.74) is 4.31. The topological polar surface area (TPSA) is 160 Å². The van der Waals surface area contributed by atoms with Crippen LogP contribution < -0.4 is 16.0 Å². The Labute approximate surface area is 245 Å². The Bertz CT molecular complexity index is 1260. The number of aliphatic carboxylic acids is 1. The van der Waals surface area contributed by atoms with Crippen LogP contribution in [0.5, 0.6) is 0 Å². The third kappa shape index (κ3) is 8.31. The minimum atomic E-state index is -1.19. The lowest BCUT2D eigenvalue weighted by molar-refractivity contribution is -0.152. The summed E-state index contributed by atoms with van der Waals surface area (Å²) in [6.07, 6.45) is -0.554. The Kier molecular flexibility index (Phi) is 11.1. The summed E-state index contributed by atoms with van der Waals surface area (Å²) in [5.74, 6) is -3.93. The van der Waals surface area contributed by atoms with E-state index in [1.54, 1.807) is 13.8 Å². The van der Waals surface area contributed by atoms with Crippen LogP contribution in [-0.4, -0.2) is 66.3 Å². The second-order valence-corrected chi connectivity index (χ2v) is 11.1. The molecule has 2 aromatic carbocycles. The zero-order chi connectivity index (χ0) is 31.0. The van der Waals surface area contributed by atoms with Crippen molar-refractivity contribution in [2.24, 2.45) is 11.8 Å². The predicted molar refractivity (Wildman–Crippen MR) is 154 cm³/mol. The number of ether oxygens (including phenoxy) is 2. The van der Waals surface area contributed by atoms with E-state index < -0.39 is 54.6 Å². The molecule has 0 saturated carbocycles. The van der Waals surface area contributed by atoms with E-state index >= 15 is 0 Å². The van der Waals surface area contributed by atoms with E-state index in [0.717, 1.165) is 22.3 Å². The molecule has 0 spiro atoms. The zero-order valence-electron chi connectivity index (χ0n) is 24.5. The Balaban J connectivity index is 1.51. The van der Waals surface area contributed by atoms with Crippen LogP contribution in [0.3, 0.4) is 0 Å². The number of esters is 1.